The molecule has 0 aliphatic carbocycles. The van der Waals surface area contributed by atoms with Gasteiger partial charge in [0.15, 0.2) is 0 Å². The fourth-order valence-electron chi connectivity index (χ4n) is 3.84. The van der Waals surface area contributed by atoms with Gasteiger partial charge in [-0.25, -0.2) is 13.4 Å². The molecule has 0 bridgehead atoms. The maximum atomic E-state index is 13.3. The first-order valence-electron chi connectivity index (χ1n) is 10.7. The van der Waals surface area contributed by atoms with Crippen LogP contribution < -0.4 is 9.46 Å². The molecule has 0 atom stereocenters. The molecule has 4 rings (SSSR count). The van der Waals surface area contributed by atoms with Gasteiger partial charge in [0.2, 0.25) is 5.88 Å². The van der Waals surface area contributed by atoms with Crippen LogP contribution in [0.25, 0.3) is 0 Å². The summed E-state index contributed by atoms with van der Waals surface area (Å²) in [6.07, 6.45) is 1.53. The van der Waals surface area contributed by atoms with Crippen LogP contribution >= 0.6 is 11.6 Å². The number of fused-ring (bicyclic) bond motifs is 1. The van der Waals surface area contributed by atoms with Gasteiger partial charge in [-0.3, -0.25) is 19.2 Å². The number of pyridine rings is 1. The van der Waals surface area contributed by atoms with E-state index >= 15 is 0 Å². The molecule has 0 radical (unpaired) electrons. The van der Waals surface area contributed by atoms with Crippen molar-refractivity contribution in [2.45, 2.75) is 37.6 Å². The van der Waals surface area contributed by atoms with Crippen molar-refractivity contribution in [1.29, 1.82) is 0 Å². The van der Waals surface area contributed by atoms with Gasteiger partial charge in [-0.1, -0.05) is 50.6 Å². The van der Waals surface area contributed by atoms with Gasteiger partial charge in [-0.05, 0) is 41.3 Å². The quantitative estimate of drug-likeness (QED) is 0.481. The number of imide groups is 1. The summed E-state index contributed by atoms with van der Waals surface area (Å²) >= 11 is 6.26. The zero-order valence-corrected chi connectivity index (χ0v) is 21.2. The van der Waals surface area contributed by atoms with Crippen LogP contribution in [0.2, 0.25) is 5.02 Å². The van der Waals surface area contributed by atoms with Crippen molar-refractivity contribution in [3.8, 4) is 5.88 Å². The summed E-state index contributed by atoms with van der Waals surface area (Å²) in [6.45, 7) is 5.98. The molecular formula is C25H24ClN3O5S. The summed E-state index contributed by atoms with van der Waals surface area (Å²) in [6, 6.07) is 12.6. The number of amides is 2. The number of aromatic nitrogens is 1. The van der Waals surface area contributed by atoms with Crippen LogP contribution in [0.1, 0.15) is 52.6 Å². The molecule has 1 aliphatic heterocycles. The van der Waals surface area contributed by atoms with Gasteiger partial charge in [-0.2, -0.15) is 0 Å². The molecule has 0 saturated heterocycles. The number of nitrogens with zero attached hydrogens (tertiary/aromatic N) is 2. The molecule has 0 spiro atoms. The maximum Gasteiger partial charge on any atom is 0.264 e. The van der Waals surface area contributed by atoms with Crippen LogP contribution in [0, 0.1) is 0 Å². The fourth-order valence-corrected chi connectivity index (χ4v) is 5.15. The Balaban J connectivity index is 1.68. The number of nitrogens with one attached hydrogen (secondary N) is 1. The molecule has 10 heteroatoms. The van der Waals surface area contributed by atoms with Gasteiger partial charge in [0, 0.05) is 11.8 Å². The normalized spacial score (nSPS) is 13.7. The second-order valence-corrected chi connectivity index (χ2v) is 11.2. The van der Waals surface area contributed by atoms with E-state index in [9.17, 15) is 18.0 Å². The number of carbonyl (C=O) groups is 2. The molecule has 1 aliphatic rings. The summed E-state index contributed by atoms with van der Waals surface area (Å²) in [5.41, 5.74) is 1.18. The summed E-state index contributed by atoms with van der Waals surface area (Å²) in [5, 5.41) is 0.0523. The van der Waals surface area contributed by atoms with E-state index in [4.69, 9.17) is 16.3 Å². The largest absolute Gasteiger partial charge is 0.481 e. The van der Waals surface area contributed by atoms with Crippen LogP contribution in [0.4, 0.5) is 5.69 Å². The standard InChI is InChI=1S/C25H24ClN3O5S/c1-25(2,3)16-7-9-17(10-8-16)35(32,33)28-19-12-11-18(26)20-21(19)24(31)29(23(20)30)14-15-6-5-13-27-22(15)34-4/h5-13,28H,14H2,1-4H3. The Labute approximate surface area is 208 Å². The van der Waals surface area contributed by atoms with Gasteiger partial charge in [-0.15, -0.1) is 0 Å². The zero-order valence-electron chi connectivity index (χ0n) is 19.6. The highest BCUT2D eigenvalue weighted by atomic mass is 35.5. The molecule has 0 saturated carbocycles. The first-order chi connectivity index (χ1) is 16.4. The average molecular weight is 514 g/mol. The topological polar surface area (TPSA) is 106 Å². The number of methoxy groups -OCH3 is 1. The smallest absolute Gasteiger partial charge is 0.264 e. The summed E-state index contributed by atoms with van der Waals surface area (Å²) in [4.78, 5) is 31.6. The van der Waals surface area contributed by atoms with E-state index in [1.807, 2.05) is 20.8 Å². The second-order valence-electron chi connectivity index (χ2n) is 9.09. The summed E-state index contributed by atoms with van der Waals surface area (Å²) in [7, 11) is -2.61. The highest BCUT2D eigenvalue weighted by molar-refractivity contribution is 7.92. The first-order valence-corrected chi connectivity index (χ1v) is 12.6. The predicted molar refractivity (Wildman–Crippen MR) is 132 cm³/mol. The van der Waals surface area contributed by atoms with Gasteiger partial charge in [0.25, 0.3) is 21.8 Å². The molecule has 1 N–H and O–H groups in total. The highest BCUT2D eigenvalue weighted by Crippen LogP contribution is 2.37. The third kappa shape index (κ3) is 4.61. The molecule has 0 fully saturated rings. The van der Waals surface area contributed by atoms with E-state index in [1.54, 1.807) is 24.3 Å². The first kappa shape index (κ1) is 24.7. The third-order valence-electron chi connectivity index (χ3n) is 5.72. The molecule has 3 aromatic rings. The second kappa shape index (κ2) is 8.98. The predicted octanol–water partition coefficient (Wildman–Crippen LogP) is 4.64. The Kier molecular flexibility index (Phi) is 6.33. The average Bonchev–Trinajstić information content (AvgIpc) is 3.06. The molecular weight excluding hydrogens is 490 g/mol. The highest BCUT2D eigenvalue weighted by Gasteiger charge is 2.40. The number of carbonyl (C=O) groups excluding carboxylic acids is 2. The minimum atomic E-state index is -4.04. The van der Waals surface area contributed by atoms with Gasteiger partial charge < -0.3 is 4.74 Å². The number of hydrogen-bond acceptors (Lipinski definition) is 6. The Morgan fingerprint density at radius 3 is 2.29 bits per heavy atom. The van der Waals surface area contributed by atoms with Gasteiger partial charge >= 0.3 is 0 Å². The van der Waals surface area contributed by atoms with Crippen molar-refractivity contribution in [2.24, 2.45) is 0 Å². The van der Waals surface area contributed by atoms with Crippen LogP contribution in [0.5, 0.6) is 5.88 Å². The third-order valence-corrected chi connectivity index (χ3v) is 7.42. The number of benzene rings is 2. The van der Waals surface area contributed by atoms with E-state index in [-0.39, 0.29) is 44.6 Å². The lowest BCUT2D eigenvalue weighted by molar-refractivity contribution is 0.0641. The van der Waals surface area contributed by atoms with Crippen LogP contribution in [-0.2, 0) is 22.0 Å². The van der Waals surface area contributed by atoms with Crippen LogP contribution in [-0.4, -0.2) is 37.2 Å². The Hall–Kier alpha value is -3.43. The van der Waals surface area contributed by atoms with Crippen LogP contribution in [0.3, 0.4) is 0 Å². The molecule has 2 amide bonds. The molecule has 8 nitrogen and oxygen atoms in total. The zero-order chi connectivity index (χ0) is 25.5. The van der Waals surface area contributed by atoms with E-state index in [0.717, 1.165) is 10.5 Å². The number of hydrogen-bond donors (Lipinski definition) is 1. The van der Waals surface area contributed by atoms with Gasteiger partial charge in [0.05, 0.1) is 40.4 Å². The van der Waals surface area contributed by atoms with Crippen molar-refractivity contribution in [3.05, 3.63) is 82.0 Å². The van der Waals surface area contributed by atoms with Crippen molar-refractivity contribution in [3.63, 3.8) is 0 Å². The van der Waals surface area contributed by atoms with E-state index < -0.39 is 21.8 Å². The lowest BCUT2D eigenvalue weighted by Crippen LogP contribution is -2.29. The lowest BCUT2D eigenvalue weighted by atomic mass is 9.87. The van der Waals surface area contributed by atoms with Crippen molar-refractivity contribution in [1.82, 2.24) is 9.88 Å². The lowest BCUT2D eigenvalue weighted by Gasteiger charge is -2.19. The summed E-state index contributed by atoms with van der Waals surface area (Å²) < 4.78 is 33.9. The Bertz CT molecular complexity index is 1430. The number of anilines is 1. The molecule has 35 heavy (non-hydrogen) atoms. The molecule has 1 aromatic heterocycles. The van der Waals surface area contributed by atoms with Crippen LogP contribution in [0.15, 0.2) is 59.6 Å². The van der Waals surface area contributed by atoms with E-state index in [0.29, 0.717) is 5.56 Å². The van der Waals surface area contributed by atoms with E-state index in [2.05, 4.69) is 9.71 Å². The molecule has 0 unspecified atom stereocenters. The maximum absolute atomic E-state index is 13.3. The van der Waals surface area contributed by atoms with Crippen molar-refractivity contribution >= 4 is 39.1 Å². The molecule has 2 heterocycles. The molecule has 2 aromatic carbocycles. The number of rotatable bonds is 6. The minimum absolute atomic E-state index is 0.0247. The molecule has 182 valence electrons. The number of halogens is 1. The Morgan fingerprint density at radius 1 is 1.00 bits per heavy atom. The fraction of sp³-hybridized carbons (Fsp3) is 0.240. The minimum Gasteiger partial charge on any atom is -0.481 e. The van der Waals surface area contributed by atoms with Gasteiger partial charge in [0.1, 0.15) is 0 Å². The SMILES string of the molecule is COc1ncccc1CN1C(=O)c2c(Cl)ccc(NS(=O)(=O)c3ccc(C(C)(C)C)cc3)c2C1=O. The Morgan fingerprint density at radius 2 is 1.66 bits per heavy atom. The van der Waals surface area contributed by atoms with Crippen molar-refractivity contribution in [2.75, 3.05) is 11.8 Å². The summed E-state index contributed by atoms with van der Waals surface area (Å²) in [5.74, 6) is -1.02. The number of sulfonamides is 1. The van der Waals surface area contributed by atoms with E-state index in [1.165, 1.54) is 37.6 Å². The number of ether oxygens (including phenoxy) is 1. The van der Waals surface area contributed by atoms with Crippen molar-refractivity contribution < 1.29 is 22.7 Å². The monoisotopic (exact) mass is 513 g/mol.